The number of benzene rings is 2. The molecule has 3 nitrogen and oxygen atoms in total. The molecule has 3 aromatic rings. The lowest BCUT2D eigenvalue weighted by Crippen LogP contribution is -2.07. The maximum atomic E-state index is 12.2. The molecule has 0 aliphatic heterocycles. The molecule has 0 aliphatic carbocycles. The lowest BCUT2D eigenvalue weighted by atomic mass is 9.97. The van der Waals surface area contributed by atoms with Gasteiger partial charge < -0.3 is 4.42 Å². The molecule has 0 fully saturated rings. The van der Waals surface area contributed by atoms with Crippen LogP contribution in [0.5, 0.6) is 0 Å². The summed E-state index contributed by atoms with van der Waals surface area (Å²) in [4.78, 5) is 24.5. The SMILES string of the molecule is CC(C)C(=O)c1ccc2oc3ccc(C(=O)C(C)C)cc3c2c1. The Morgan fingerprint density at radius 1 is 0.739 bits per heavy atom. The number of hydrogen-bond donors (Lipinski definition) is 0. The molecule has 0 bridgehead atoms. The fourth-order valence-electron chi connectivity index (χ4n) is 2.75. The molecule has 0 N–H and O–H groups in total. The largest absolute Gasteiger partial charge is 0.456 e. The Morgan fingerprint density at radius 3 is 1.48 bits per heavy atom. The third kappa shape index (κ3) is 2.67. The van der Waals surface area contributed by atoms with Gasteiger partial charge in [-0.05, 0) is 36.4 Å². The van der Waals surface area contributed by atoms with Gasteiger partial charge in [0.1, 0.15) is 11.2 Å². The summed E-state index contributed by atoms with van der Waals surface area (Å²) in [5, 5.41) is 1.76. The highest BCUT2D eigenvalue weighted by molar-refractivity contribution is 6.11. The molecular weight excluding hydrogens is 288 g/mol. The fraction of sp³-hybridized carbons (Fsp3) is 0.300. The Morgan fingerprint density at radius 2 is 1.13 bits per heavy atom. The van der Waals surface area contributed by atoms with Gasteiger partial charge in [0.05, 0.1) is 0 Å². The molecule has 0 saturated heterocycles. The first-order chi connectivity index (χ1) is 10.9. The molecule has 23 heavy (non-hydrogen) atoms. The van der Waals surface area contributed by atoms with Gasteiger partial charge in [-0.1, -0.05) is 27.7 Å². The van der Waals surface area contributed by atoms with Crippen molar-refractivity contribution in [2.45, 2.75) is 27.7 Å². The van der Waals surface area contributed by atoms with Crippen LogP contribution in [0.2, 0.25) is 0 Å². The second-order valence-corrected chi connectivity index (χ2v) is 6.56. The molecule has 0 aliphatic rings. The van der Waals surface area contributed by atoms with Crippen LogP contribution in [-0.2, 0) is 0 Å². The number of carbonyl (C=O) groups is 2. The van der Waals surface area contributed by atoms with Crippen LogP contribution in [0.1, 0.15) is 48.4 Å². The zero-order valence-electron chi connectivity index (χ0n) is 13.8. The Labute approximate surface area is 135 Å². The Kier molecular flexibility index (Phi) is 3.80. The van der Waals surface area contributed by atoms with E-state index in [4.69, 9.17) is 4.42 Å². The number of hydrogen-bond acceptors (Lipinski definition) is 3. The molecular formula is C20H20O3. The van der Waals surface area contributed by atoms with Crippen LogP contribution in [0.25, 0.3) is 21.9 Å². The normalized spacial score (nSPS) is 11.7. The number of Topliss-reactive ketones (excluding diaryl/α,β-unsaturated/α-hetero) is 2. The molecule has 0 spiro atoms. The molecule has 1 heterocycles. The zero-order chi connectivity index (χ0) is 16.7. The average Bonchev–Trinajstić information content (AvgIpc) is 2.90. The molecule has 0 saturated carbocycles. The molecule has 0 unspecified atom stereocenters. The van der Waals surface area contributed by atoms with Crippen LogP contribution in [0.15, 0.2) is 40.8 Å². The Hall–Kier alpha value is -2.42. The minimum absolute atomic E-state index is 0.0521. The summed E-state index contributed by atoms with van der Waals surface area (Å²) in [7, 11) is 0. The fourth-order valence-corrected chi connectivity index (χ4v) is 2.75. The Balaban J connectivity index is 2.21. The van der Waals surface area contributed by atoms with Crippen LogP contribution >= 0.6 is 0 Å². The van der Waals surface area contributed by atoms with E-state index in [1.54, 1.807) is 12.1 Å². The van der Waals surface area contributed by atoms with Gasteiger partial charge in [-0.15, -0.1) is 0 Å². The summed E-state index contributed by atoms with van der Waals surface area (Å²) in [5.74, 6) is 0.110. The van der Waals surface area contributed by atoms with E-state index >= 15 is 0 Å². The maximum absolute atomic E-state index is 12.2. The maximum Gasteiger partial charge on any atom is 0.165 e. The van der Waals surface area contributed by atoms with Crippen LogP contribution in [0.3, 0.4) is 0 Å². The average molecular weight is 308 g/mol. The van der Waals surface area contributed by atoms with Gasteiger partial charge in [-0.25, -0.2) is 0 Å². The summed E-state index contributed by atoms with van der Waals surface area (Å²) in [6.45, 7) is 7.55. The van der Waals surface area contributed by atoms with Crippen molar-refractivity contribution in [1.29, 1.82) is 0 Å². The van der Waals surface area contributed by atoms with Crippen LogP contribution in [0, 0.1) is 11.8 Å². The highest BCUT2D eigenvalue weighted by atomic mass is 16.3. The first-order valence-corrected chi connectivity index (χ1v) is 7.93. The van der Waals surface area contributed by atoms with Crippen molar-refractivity contribution in [3.05, 3.63) is 47.5 Å². The highest BCUT2D eigenvalue weighted by Gasteiger charge is 2.16. The molecule has 3 heteroatoms. The molecule has 0 radical (unpaired) electrons. The molecule has 118 valence electrons. The van der Waals surface area contributed by atoms with E-state index in [2.05, 4.69) is 0 Å². The van der Waals surface area contributed by atoms with Crippen molar-refractivity contribution in [2.75, 3.05) is 0 Å². The molecule has 1 aromatic heterocycles. The van der Waals surface area contributed by atoms with E-state index in [1.807, 2.05) is 52.0 Å². The third-order valence-corrected chi connectivity index (χ3v) is 4.09. The quantitative estimate of drug-likeness (QED) is 0.617. The molecule has 0 atom stereocenters. The second kappa shape index (κ2) is 5.65. The summed E-state index contributed by atoms with van der Waals surface area (Å²) < 4.78 is 5.82. The minimum atomic E-state index is -0.0521. The summed E-state index contributed by atoms with van der Waals surface area (Å²) in [6, 6.07) is 11.0. The van der Waals surface area contributed by atoms with Gasteiger partial charge >= 0.3 is 0 Å². The lowest BCUT2D eigenvalue weighted by molar-refractivity contribution is 0.0932. The lowest BCUT2D eigenvalue weighted by Gasteiger charge is -2.04. The topological polar surface area (TPSA) is 47.3 Å². The monoisotopic (exact) mass is 308 g/mol. The van der Waals surface area contributed by atoms with Crippen LogP contribution in [-0.4, -0.2) is 11.6 Å². The zero-order valence-corrected chi connectivity index (χ0v) is 13.8. The number of fused-ring (bicyclic) bond motifs is 3. The van der Waals surface area contributed by atoms with Crippen molar-refractivity contribution >= 4 is 33.5 Å². The summed E-state index contributed by atoms with van der Waals surface area (Å²) in [5.41, 5.74) is 2.82. The smallest absolute Gasteiger partial charge is 0.165 e. The van der Waals surface area contributed by atoms with Gasteiger partial charge in [-0.3, -0.25) is 9.59 Å². The minimum Gasteiger partial charge on any atom is -0.456 e. The van der Waals surface area contributed by atoms with Gasteiger partial charge in [0.15, 0.2) is 11.6 Å². The van der Waals surface area contributed by atoms with E-state index in [0.717, 1.165) is 21.9 Å². The standard InChI is InChI=1S/C20H20O3/c1-11(2)19(21)13-5-7-17-15(9-13)16-10-14(20(22)12(3)4)6-8-18(16)23-17/h5-12H,1-4H3. The van der Waals surface area contributed by atoms with Crippen LogP contribution < -0.4 is 0 Å². The first kappa shape index (κ1) is 15.5. The van der Waals surface area contributed by atoms with Crippen molar-refractivity contribution in [3.63, 3.8) is 0 Å². The Bertz CT molecular complexity index is 839. The number of furan rings is 1. The van der Waals surface area contributed by atoms with E-state index in [1.165, 1.54) is 0 Å². The van der Waals surface area contributed by atoms with Gasteiger partial charge in [0, 0.05) is 33.7 Å². The number of ketones is 2. The van der Waals surface area contributed by atoms with Crippen LogP contribution in [0.4, 0.5) is 0 Å². The third-order valence-electron chi connectivity index (χ3n) is 4.09. The predicted molar refractivity (Wildman–Crippen MR) is 92.1 cm³/mol. The van der Waals surface area contributed by atoms with Gasteiger partial charge in [-0.2, -0.15) is 0 Å². The molecule has 2 aromatic carbocycles. The number of carbonyl (C=O) groups excluding carboxylic acids is 2. The van der Waals surface area contributed by atoms with Gasteiger partial charge in [0.25, 0.3) is 0 Å². The van der Waals surface area contributed by atoms with Crippen molar-refractivity contribution < 1.29 is 14.0 Å². The summed E-state index contributed by atoms with van der Waals surface area (Å²) >= 11 is 0. The van der Waals surface area contributed by atoms with E-state index in [9.17, 15) is 9.59 Å². The number of rotatable bonds is 4. The van der Waals surface area contributed by atoms with E-state index in [0.29, 0.717) is 11.1 Å². The summed E-state index contributed by atoms with van der Waals surface area (Å²) in [6.07, 6.45) is 0. The van der Waals surface area contributed by atoms with Crippen molar-refractivity contribution in [3.8, 4) is 0 Å². The first-order valence-electron chi connectivity index (χ1n) is 7.93. The molecule has 0 amide bonds. The van der Waals surface area contributed by atoms with Gasteiger partial charge in [0.2, 0.25) is 0 Å². The van der Waals surface area contributed by atoms with Crippen molar-refractivity contribution in [2.24, 2.45) is 11.8 Å². The predicted octanol–water partition coefficient (Wildman–Crippen LogP) is 5.26. The highest BCUT2D eigenvalue weighted by Crippen LogP contribution is 2.31. The molecule has 3 rings (SSSR count). The van der Waals surface area contributed by atoms with E-state index < -0.39 is 0 Å². The van der Waals surface area contributed by atoms with Crippen molar-refractivity contribution in [1.82, 2.24) is 0 Å². The van der Waals surface area contributed by atoms with E-state index in [-0.39, 0.29) is 23.4 Å². The second-order valence-electron chi connectivity index (χ2n) is 6.56.